The molecule has 0 radical (unpaired) electrons. The molecule has 1 aromatic carbocycles. The highest BCUT2D eigenvalue weighted by molar-refractivity contribution is 5.97. The predicted molar refractivity (Wildman–Crippen MR) is 56.8 cm³/mol. The molecule has 15 heavy (non-hydrogen) atoms. The van der Waals surface area contributed by atoms with Crippen molar-refractivity contribution in [1.82, 2.24) is 0 Å². The maximum absolute atomic E-state index is 11.1. The van der Waals surface area contributed by atoms with Crippen LogP contribution in [0, 0.1) is 18.3 Å². The average Bonchev–Trinajstić information content (AvgIpc) is 2.25. The fourth-order valence-electron chi connectivity index (χ4n) is 1.17. The van der Waals surface area contributed by atoms with E-state index in [0.717, 1.165) is 11.1 Å². The molecule has 76 valence electrons. The lowest BCUT2D eigenvalue weighted by Crippen LogP contribution is -2.02. The third-order valence-electron chi connectivity index (χ3n) is 1.88. The number of ether oxygens (including phenoxy) is 1. The van der Waals surface area contributed by atoms with Crippen LogP contribution in [0.15, 0.2) is 29.8 Å². The van der Waals surface area contributed by atoms with E-state index in [-0.39, 0.29) is 5.57 Å². The third-order valence-corrected chi connectivity index (χ3v) is 1.88. The Morgan fingerprint density at radius 3 is 2.80 bits per heavy atom. The Morgan fingerprint density at radius 1 is 1.53 bits per heavy atom. The van der Waals surface area contributed by atoms with Crippen LogP contribution in [0.4, 0.5) is 0 Å². The van der Waals surface area contributed by atoms with Crippen molar-refractivity contribution in [2.24, 2.45) is 0 Å². The molecule has 0 aliphatic heterocycles. The first-order chi connectivity index (χ1) is 7.17. The molecular formula is C12H11NO2. The molecule has 0 heterocycles. The van der Waals surface area contributed by atoms with E-state index in [9.17, 15) is 4.79 Å². The summed E-state index contributed by atoms with van der Waals surface area (Å²) in [6, 6.07) is 9.34. The summed E-state index contributed by atoms with van der Waals surface area (Å²) in [5.41, 5.74) is 1.89. The van der Waals surface area contributed by atoms with Crippen molar-refractivity contribution >= 4 is 12.0 Å². The van der Waals surface area contributed by atoms with Crippen molar-refractivity contribution in [1.29, 1.82) is 5.26 Å². The van der Waals surface area contributed by atoms with Gasteiger partial charge in [0.15, 0.2) is 0 Å². The number of aryl methyl sites for hydroxylation is 1. The minimum atomic E-state index is -0.612. The predicted octanol–water partition coefficient (Wildman–Crippen LogP) is 2.08. The third kappa shape index (κ3) is 2.96. The highest BCUT2D eigenvalue weighted by Crippen LogP contribution is 2.09. The molecular weight excluding hydrogens is 190 g/mol. The fourth-order valence-corrected chi connectivity index (χ4v) is 1.17. The lowest BCUT2D eigenvalue weighted by molar-refractivity contribution is -0.135. The summed E-state index contributed by atoms with van der Waals surface area (Å²) >= 11 is 0. The Hall–Kier alpha value is -2.08. The zero-order valence-electron chi connectivity index (χ0n) is 8.65. The number of nitrogens with zero attached hydrogens (tertiary/aromatic N) is 1. The summed E-state index contributed by atoms with van der Waals surface area (Å²) in [7, 11) is 1.25. The minimum Gasteiger partial charge on any atom is -0.465 e. The van der Waals surface area contributed by atoms with Gasteiger partial charge in [0.2, 0.25) is 0 Å². The fraction of sp³-hybridized carbons (Fsp3) is 0.167. The van der Waals surface area contributed by atoms with Gasteiger partial charge in [-0.25, -0.2) is 4.79 Å². The number of carbonyl (C=O) groups is 1. The second kappa shape index (κ2) is 4.97. The van der Waals surface area contributed by atoms with Gasteiger partial charge in [0.1, 0.15) is 11.6 Å². The maximum Gasteiger partial charge on any atom is 0.348 e. The van der Waals surface area contributed by atoms with Crippen molar-refractivity contribution in [3.8, 4) is 6.07 Å². The van der Waals surface area contributed by atoms with Gasteiger partial charge in [0, 0.05) is 0 Å². The van der Waals surface area contributed by atoms with Crippen LogP contribution in [0.5, 0.6) is 0 Å². The Kier molecular flexibility index (Phi) is 3.64. The Balaban J connectivity index is 3.05. The Labute approximate surface area is 88.6 Å². The lowest BCUT2D eigenvalue weighted by atomic mass is 10.1. The minimum absolute atomic E-state index is 0.00287. The highest BCUT2D eigenvalue weighted by Gasteiger charge is 2.07. The molecule has 0 saturated heterocycles. The van der Waals surface area contributed by atoms with E-state index in [0.29, 0.717) is 0 Å². The number of hydrogen-bond acceptors (Lipinski definition) is 3. The molecule has 3 nitrogen and oxygen atoms in total. The van der Waals surface area contributed by atoms with Gasteiger partial charge in [0.05, 0.1) is 7.11 Å². The number of carbonyl (C=O) groups excluding carboxylic acids is 1. The smallest absolute Gasteiger partial charge is 0.348 e. The topological polar surface area (TPSA) is 50.1 Å². The van der Waals surface area contributed by atoms with Gasteiger partial charge in [-0.05, 0) is 18.6 Å². The Morgan fingerprint density at radius 2 is 2.27 bits per heavy atom. The second-order valence-corrected chi connectivity index (χ2v) is 3.08. The quantitative estimate of drug-likeness (QED) is 0.418. The van der Waals surface area contributed by atoms with Crippen molar-refractivity contribution in [3.05, 3.63) is 41.0 Å². The van der Waals surface area contributed by atoms with Crippen LogP contribution in [0.1, 0.15) is 11.1 Å². The molecule has 1 rings (SSSR count). The van der Waals surface area contributed by atoms with Crippen molar-refractivity contribution in [3.63, 3.8) is 0 Å². The molecule has 0 N–H and O–H groups in total. The van der Waals surface area contributed by atoms with E-state index in [1.165, 1.54) is 13.2 Å². The van der Waals surface area contributed by atoms with Crippen molar-refractivity contribution < 1.29 is 9.53 Å². The first-order valence-electron chi connectivity index (χ1n) is 4.44. The summed E-state index contributed by atoms with van der Waals surface area (Å²) < 4.78 is 4.48. The van der Waals surface area contributed by atoms with Gasteiger partial charge in [0.25, 0.3) is 0 Å². The maximum atomic E-state index is 11.1. The monoisotopic (exact) mass is 201 g/mol. The van der Waals surface area contributed by atoms with Crippen LogP contribution in [-0.4, -0.2) is 13.1 Å². The van der Waals surface area contributed by atoms with Gasteiger partial charge in [-0.3, -0.25) is 0 Å². The summed E-state index contributed by atoms with van der Waals surface area (Å²) in [4.78, 5) is 11.1. The highest BCUT2D eigenvalue weighted by atomic mass is 16.5. The van der Waals surface area contributed by atoms with Crippen LogP contribution in [0.2, 0.25) is 0 Å². The number of hydrogen-bond donors (Lipinski definition) is 0. The Bertz CT molecular complexity index is 441. The number of nitriles is 1. The van der Waals surface area contributed by atoms with E-state index in [2.05, 4.69) is 4.74 Å². The lowest BCUT2D eigenvalue weighted by Gasteiger charge is -1.98. The van der Waals surface area contributed by atoms with Crippen molar-refractivity contribution in [2.75, 3.05) is 7.11 Å². The molecule has 0 amide bonds. The van der Waals surface area contributed by atoms with E-state index in [1.54, 1.807) is 0 Å². The van der Waals surface area contributed by atoms with E-state index in [4.69, 9.17) is 5.26 Å². The first-order valence-corrected chi connectivity index (χ1v) is 4.44. The molecule has 0 fully saturated rings. The second-order valence-electron chi connectivity index (χ2n) is 3.08. The summed E-state index contributed by atoms with van der Waals surface area (Å²) in [5, 5.41) is 8.74. The summed E-state index contributed by atoms with van der Waals surface area (Å²) in [5.74, 6) is -0.612. The van der Waals surface area contributed by atoms with E-state index < -0.39 is 5.97 Å². The van der Waals surface area contributed by atoms with Gasteiger partial charge in [-0.15, -0.1) is 0 Å². The number of esters is 1. The largest absolute Gasteiger partial charge is 0.465 e. The molecule has 1 aromatic rings. The van der Waals surface area contributed by atoms with Crippen LogP contribution in [0.25, 0.3) is 6.08 Å². The molecule has 3 heteroatoms. The van der Waals surface area contributed by atoms with Crippen LogP contribution >= 0.6 is 0 Å². The standard InChI is InChI=1S/C12H11NO2/c1-9-4-3-5-10(6-9)7-11(8-13)12(14)15-2/h3-7H,1-2H3/b11-7-. The number of rotatable bonds is 2. The van der Waals surface area contributed by atoms with Crippen LogP contribution < -0.4 is 0 Å². The van der Waals surface area contributed by atoms with Crippen LogP contribution in [0.3, 0.4) is 0 Å². The molecule has 0 atom stereocenters. The molecule has 0 unspecified atom stereocenters. The van der Waals surface area contributed by atoms with E-state index >= 15 is 0 Å². The molecule has 0 aliphatic carbocycles. The normalized spacial score (nSPS) is 10.6. The molecule has 0 bridgehead atoms. The molecule has 0 aromatic heterocycles. The van der Waals surface area contributed by atoms with Crippen LogP contribution in [-0.2, 0) is 9.53 Å². The van der Waals surface area contributed by atoms with Gasteiger partial charge in [-0.1, -0.05) is 29.8 Å². The molecule has 0 aliphatic rings. The van der Waals surface area contributed by atoms with Gasteiger partial charge < -0.3 is 4.74 Å². The van der Waals surface area contributed by atoms with Gasteiger partial charge >= 0.3 is 5.97 Å². The van der Waals surface area contributed by atoms with Crippen molar-refractivity contribution in [2.45, 2.75) is 6.92 Å². The first kappa shape index (κ1) is 11.0. The average molecular weight is 201 g/mol. The van der Waals surface area contributed by atoms with E-state index in [1.807, 2.05) is 37.3 Å². The number of methoxy groups -OCH3 is 1. The molecule has 0 spiro atoms. The zero-order valence-corrected chi connectivity index (χ0v) is 8.65. The van der Waals surface area contributed by atoms with Gasteiger partial charge in [-0.2, -0.15) is 5.26 Å². The summed E-state index contributed by atoms with van der Waals surface area (Å²) in [6.07, 6.45) is 1.51. The molecule has 0 saturated carbocycles. The number of benzene rings is 1. The SMILES string of the molecule is COC(=O)/C(C#N)=C\c1cccc(C)c1. The summed E-state index contributed by atoms with van der Waals surface area (Å²) in [6.45, 7) is 1.95. The zero-order chi connectivity index (χ0) is 11.3.